The summed E-state index contributed by atoms with van der Waals surface area (Å²) in [7, 11) is 10.7. The molecule has 0 unspecified atom stereocenters. The van der Waals surface area contributed by atoms with Crippen molar-refractivity contribution in [1.82, 2.24) is 0 Å². The minimum absolute atomic E-state index is 1.36. The molecular formula is C24H26Cl2Zr-2. The summed E-state index contributed by atoms with van der Waals surface area (Å²) in [4.78, 5) is 0. The molecule has 0 heterocycles. The summed E-state index contributed by atoms with van der Waals surface area (Å²) in [6.45, 7) is 10.5. The maximum Gasteiger partial charge on any atom is -0.0488 e. The van der Waals surface area contributed by atoms with E-state index in [1.165, 1.54) is 43.8 Å². The van der Waals surface area contributed by atoms with E-state index in [-0.39, 0.29) is 0 Å². The van der Waals surface area contributed by atoms with Crippen LogP contribution in [-0.4, -0.2) is 3.71 Å². The van der Waals surface area contributed by atoms with Crippen LogP contribution in [0.4, 0.5) is 0 Å². The first-order valence-electron chi connectivity index (χ1n) is 9.04. The topological polar surface area (TPSA) is 0 Å². The van der Waals surface area contributed by atoms with Crippen LogP contribution in [0.15, 0.2) is 60.7 Å². The molecule has 4 aromatic carbocycles. The monoisotopic (exact) mass is 474 g/mol. The van der Waals surface area contributed by atoms with E-state index < -0.39 is 18.9 Å². The van der Waals surface area contributed by atoms with E-state index in [9.17, 15) is 0 Å². The molecule has 0 radical (unpaired) electrons. The number of aryl methyl sites for hydroxylation is 4. The van der Waals surface area contributed by atoms with Crippen molar-refractivity contribution < 1.29 is 18.9 Å². The first-order chi connectivity index (χ1) is 12.8. The van der Waals surface area contributed by atoms with Crippen molar-refractivity contribution in [2.75, 3.05) is 0 Å². The molecular weight excluding hydrogens is 450 g/mol. The Morgan fingerprint density at radius 1 is 0.741 bits per heavy atom. The molecule has 0 saturated carbocycles. The molecule has 27 heavy (non-hydrogen) atoms. The number of hydrogen-bond acceptors (Lipinski definition) is 0. The van der Waals surface area contributed by atoms with Gasteiger partial charge in [0.25, 0.3) is 0 Å². The molecule has 0 saturated heterocycles. The van der Waals surface area contributed by atoms with Crippen molar-refractivity contribution in [2.45, 2.75) is 34.6 Å². The van der Waals surface area contributed by atoms with Crippen molar-refractivity contribution in [3.63, 3.8) is 0 Å². The van der Waals surface area contributed by atoms with Gasteiger partial charge in [-0.25, -0.2) is 0 Å². The molecule has 0 aliphatic heterocycles. The van der Waals surface area contributed by atoms with Gasteiger partial charge < -0.3 is 0 Å². The van der Waals surface area contributed by atoms with Crippen LogP contribution in [0.1, 0.15) is 29.2 Å². The Kier molecular flexibility index (Phi) is 8.68. The molecule has 0 spiro atoms. The van der Waals surface area contributed by atoms with Gasteiger partial charge in [-0.1, -0.05) is 37.1 Å². The summed E-state index contributed by atoms with van der Waals surface area (Å²) in [5.41, 5.74) is 5.45. The second kappa shape index (κ2) is 10.5. The number of halogens is 2. The maximum absolute atomic E-state index is 5.37. The van der Waals surface area contributed by atoms with Crippen LogP contribution in [0, 0.1) is 27.7 Å². The molecule has 0 fully saturated rings. The average molecular weight is 477 g/mol. The second-order valence-corrected chi connectivity index (χ2v) is 15.6. The van der Waals surface area contributed by atoms with Gasteiger partial charge in [0.15, 0.2) is 0 Å². The fraction of sp³-hybridized carbons (Fsp3) is 0.208. The van der Waals surface area contributed by atoms with Gasteiger partial charge in [-0.3, -0.25) is 0 Å². The van der Waals surface area contributed by atoms with Crippen LogP contribution in [0.5, 0.6) is 0 Å². The van der Waals surface area contributed by atoms with Gasteiger partial charge in [0.05, 0.1) is 0 Å². The molecule has 0 N–H and O–H groups in total. The summed E-state index contributed by atoms with van der Waals surface area (Å²) in [6, 6.07) is 21.8. The average Bonchev–Trinajstić information content (AvgIpc) is 3.19. The minimum atomic E-state index is -1.76. The minimum Gasteiger partial charge on any atom is -0.165 e. The van der Waals surface area contributed by atoms with E-state index in [4.69, 9.17) is 17.0 Å². The summed E-state index contributed by atoms with van der Waals surface area (Å²) in [5.74, 6) is 0. The zero-order valence-electron chi connectivity index (χ0n) is 16.6. The van der Waals surface area contributed by atoms with Gasteiger partial charge in [0.2, 0.25) is 0 Å². The van der Waals surface area contributed by atoms with Gasteiger partial charge in [-0.05, 0) is 13.8 Å². The zero-order valence-corrected chi connectivity index (χ0v) is 20.6. The van der Waals surface area contributed by atoms with E-state index >= 15 is 0 Å². The largest absolute Gasteiger partial charge is 0.165 e. The van der Waals surface area contributed by atoms with Gasteiger partial charge in [0.1, 0.15) is 0 Å². The van der Waals surface area contributed by atoms with Crippen LogP contribution in [0.2, 0.25) is 0 Å². The van der Waals surface area contributed by atoms with Gasteiger partial charge in [-0.2, -0.15) is 12.1 Å². The summed E-state index contributed by atoms with van der Waals surface area (Å²) in [6.07, 6.45) is 0. The van der Waals surface area contributed by atoms with Crippen molar-refractivity contribution in [3.05, 3.63) is 82.9 Å². The van der Waals surface area contributed by atoms with Crippen LogP contribution < -0.4 is 0 Å². The molecule has 0 aliphatic carbocycles. The molecule has 0 aromatic heterocycles. The van der Waals surface area contributed by atoms with Crippen LogP contribution in [0.3, 0.4) is 0 Å². The Morgan fingerprint density at radius 2 is 1.11 bits per heavy atom. The van der Waals surface area contributed by atoms with E-state index in [1.54, 1.807) is 0 Å². The molecule has 0 amide bonds. The second-order valence-electron chi connectivity index (χ2n) is 6.80. The van der Waals surface area contributed by atoms with Crippen molar-refractivity contribution >= 4 is 42.3 Å². The van der Waals surface area contributed by atoms with Crippen molar-refractivity contribution in [3.8, 4) is 0 Å². The molecule has 0 aliphatic rings. The first-order valence-corrected chi connectivity index (χ1v) is 16.8. The third-order valence-electron chi connectivity index (χ3n) is 4.44. The van der Waals surface area contributed by atoms with Gasteiger partial charge >= 0.3 is 46.5 Å². The molecule has 3 heteroatoms. The maximum atomic E-state index is 5.37. The smallest absolute Gasteiger partial charge is 0.0488 e. The zero-order chi connectivity index (χ0) is 20.0. The fourth-order valence-corrected chi connectivity index (χ4v) is 3.08. The van der Waals surface area contributed by atoms with Crippen LogP contribution in [-0.2, 0) is 18.9 Å². The normalized spacial score (nSPS) is 10.0. The standard InChI is InChI=1S/2C11H11.C2H4.2ClH.Zr/c2*1-8-6-10-5-3-4-9(2)11(10)7-8;1-2;;;/h2*3-7H,1-2H3;1H,2H3;2*1H;/q2*-1;;;;+2/p-2. The Morgan fingerprint density at radius 3 is 1.41 bits per heavy atom. The summed E-state index contributed by atoms with van der Waals surface area (Å²) < 4.78 is 1.89. The SMILES string of the molecule is C[CH]=[Zr]([Cl])[Cl].Cc1cc2c(C)cccc2[cH-]1.Cc1cc2c(C)cccc2[cH-]1. The molecule has 0 bridgehead atoms. The molecule has 0 atom stereocenters. The first kappa shape index (κ1) is 22.3. The van der Waals surface area contributed by atoms with E-state index in [0.717, 1.165) is 0 Å². The van der Waals surface area contributed by atoms with Crippen LogP contribution >= 0.6 is 17.0 Å². The van der Waals surface area contributed by atoms with E-state index in [1.807, 2.05) is 10.6 Å². The van der Waals surface area contributed by atoms with Gasteiger partial charge in [0, 0.05) is 0 Å². The Balaban J connectivity index is 0.000000157. The molecule has 4 rings (SSSR count). The number of hydrogen-bond donors (Lipinski definition) is 0. The summed E-state index contributed by atoms with van der Waals surface area (Å²) in [5, 5.41) is 5.51. The number of fused-ring (bicyclic) bond motifs is 2. The molecule has 0 nitrogen and oxygen atoms in total. The Labute approximate surface area is 177 Å². The third kappa shape index (κ3) is 6.53. The fourth-order valence-electron chi connectivity index (χ4n) is 3.08. The van der Waals surface area contributed by atoms with E-state index in [0.29, 0.717) is 0 Å². The third-order valence-corrected chi connectivity index (χ3v) is 8.10. The molecule has 4 aromatic rings. The Hall–Kier alpha value is -1.01. The predicted octanol–water partition coefficient (Wildman–Crippen LogP) is 8.09. The Bertz CT molecular complexity index is 969. The summed E-state index contributed by atoms with van der Waals surface area (Å²) >= 11 is -1.76. The molecule has 142 valence electrons. The quantitative estimate of drug-likeness (QED) is 0.225. The van der Waals surface area contributed by atoms with Crippen LogP contribution in [0.25, 0.3) is 21.5 Å². The van der Waals surface area contributed by atoms with Crippen molar-refractivity contribution in [2.24, 2.45) is 0 Å². The predicted molar refractivity (Wildman–Crippen MR) is 121 cm³/mol. The number of benzene rings is 2. The van der Waals surface area contributed by atoms with Gasteiger partial charge in [-0.15, -0.1) is 69.1 Å². The number of rotatable bonds is 0. The van der Waals surface area contributed by atoms with Crippen molar-refractivity contribution in [1.29, 1.82) is 0 Å². The van der Waals surface area contributed by atoms with E-state index in [2.05, 4.69) is 88.4 Å².